The van der Waals surface area contributed by atoms with Gasteiger partial charge in [0.1, 0.15) is 0 Å². The van der Waals surface area contributed by atoms with Crippen LogP contribution in [0.25, 0.3) is 0 Å². The van der Waals surface area contributed by atoms with Crippen molar-refractivity contribution < 1.29 is 9.47 Å². The molecule has 0 aliphatic rings. The molecule has 4 heteroatoms. The fourth-order valence-electron chi connectivity index (χ4n) is 1.26. The molecule has 1 rings (SSSR count). The number of rotatable bonds is 5. The zero-order valence-corrected chi connectivity index (χ0v) is 11.9. The van der Waals surface area contributed by atoms with Crippen LogP contribution in [0.4, 0.5) is 0 Å². The normalized spacial score (nSPS) is 10.8. The molecular formula is C13H19NO2Si. The van der Waals surface area contributed by atoms with Crippen molar-refractivity contribution in [2.75, 3.05) is 12.8 Å². The van der Waals surface area contributed by atoms with E-state index < -0.39 is 8.07 Å². The van der Waals surface area contributed by atoms with Gasteiger partial charge in [-0.05, 0) is 19.1 Å². The summed E-state index contributed by atoms with van der Waals surface area (Å²) in [6.45, 7) is 9.23. The summed E-state index contributed by atoms with van der Waals surface area (Å²) in [6.07, 6.45) is 0.749. The first-order chi connectivity index (χ1) is 7.96. The predicted octanol–water partition coefficient (Wildman–Crippen LogP) is 3.21. The van der Waals surface area contributed by atoms with Gasteiger partial charge in [-0.1, -0.05) is 19.6 Å². The first-order valence-electron chi connectivity index (χ1n) is 5.76. The average Bonchev–Trinajstić information content (AvgIpc) is 2.26. The van der Waals surface area contributed by atoms with E-state index in [9.17, 15) is 0 Å². The lowest BCUT2D eigenvalue weighted by Crippen LogP contribution is -2.30. The Kier molecular flexibility index (Phi) is 4.59. The molecule has 1 aromatic rings. The van der Waals surface area contributed by atoms with Crippen LogP contribution in [0.1, 0.15) is 12.5 Å². The SMILES string of the molecule is CCOc1cc(C#N)ccc1OC[Si](C)(C)C. The maximum atomic E-state index is 8.84. The van der Waals surface area contributed by atoms with Gasteiger partial charge in [-0.3, -0.25) is 0 Å². The maximum absolute atomic E-state index is 8.84. The summed E-state index contributed by atoms with van der Waals surface area (Å²) in [5, 5.41) is 8.84. The molecule has 92 valence electrons. The minimum Gasteiger partial charge on any atom is -0.493 e. The second-order valence-corrected chi connectivity index (χ2v) is 10.5. The van der Waals surface area contributed by atoms with Crippen LogP contribution >= 0.6 is 0 Å². The molecule has 3 nitrogen and oxygen atoms in total. The van der Waals surface area contributed by atoms with Crippen molar-refractivity contribution in [3.05, 3.63) is 23.8 Å². The molecule has 0 heterocycles. The van der Waals surface area contributed by atoms with E-state index >= 15 is 0 Å². The standard InChI is InChI=1S/C13H19NO2Si/c1-5-15-13-8-11(9-14)6-7-12(13)16-10-17(2,3)4/h6-8H,5,10H2,1-4H3. The van der Waals surface area contributed by atoms with Crippen LogP contribution in [-0.4, -0.2) is 20.9 Å². The molecule has 0 N–H and O–H groups in total. The number of nitriles is 1. The van der Waals surface area contributed by atoms with Crippen LogP contribution in [0.3, 0.4) is 0 Å². The molecule has 0 spiro atoms. The molecule has 0 radical (unpaired) electrons. The lowest BCUT2D eigenvalue weighted by atomic mass is 10.2. The zero-order valence-electron chi connectivity index (χ0n) is 10.9. The van der Waals surface area contributed by atoms with Crippen LogP contribution in [-0.2, 0) is 0 Å². The highest BCUT2D eigenvalue weighted by Gasteiger charge is 2.16. The first-order valence-corrected chi connectivity index (χ1v) is 9.47. The van der Waals surface area contributed by atoms with Gasteiger partial charge in [0.15, 0.2) is 11.5 Å². The lowest BCUT2D eigenvalue weighted by molar-refractivity contribution is 0.302. The molecule has 0 amide bonds. The number of benzene rings is 1. The van der Waals surface area contributed by atoms with E-state index in [2.05, 4.69) is 25.7 Å². The van der Waals surface area contributed by atoms with Gasteiger partial charge < -0.3 is 9.47 Å². The monoisotopic (exact) mass is 249 g/mol. The third kappa shape index (κ3) is 4.49. The minimum atomic E-state index is -1.25. The van der Waals surface area contributed by atoms with Crippen LogP contribution in [0, 0.1) is 11.3 Å². The molecule has 0 fully saturated rings. The van der Waals surface area contributed by atoms with Gasteiger partial charge in [0, 0.05) is 6.07 Å². The highest BCUT2D eigenvalue weighted by atomic mass is 28.3. The summed E-state index contributed by atoms with van der Waals surface area (Å²) in [4.78, 5) is 0. The molecule has 0 aromatic heterocycles. The summed E-state index contributed by atoms with van der Waals surface area (Å²) >= 11 is 0. The number of hydrogen-bond acceptors (Lipinski definition) is 3. The van der Waals surface area contributed by atoms with E-state index in [4.69, 9.17) is 14.7 Å². The maximum Gasteiger partial charge on any atom is 0.162 e. The van der Waals surface area contributed by atoms with Crippen molar-refractivity contribution in [1.29, 1.82) is 5.26 Å². The molecule has 0 unspecified atom stereocenters. The smallest absolute Gasteiger partial charge is 0.162 e. The van der Waals surface area contributed by atoms with Crippen molar-refractivity contribution in [3.63, 3.8) is 0 Å². The molecule has 0 atom stereocenters. The molecule has 0 saturated heterocycles. The Morgan fingerprint density at radius 2 is 1.88 bits per heavy atom. The average molecular weight is 249 g/mol. The van der Waals surface area contributed by atoms with Crippen molar-refractivity contribution in [2.45, 2.75) is 26.6 Å². The molecule has 0 aliphatic heterocycles. The highest BCUT2D eigenvalue weighted by molar-refractivity contribution is 6.76. The van der Waals surface area contributed by atoms with E-state index in [1.54, 1.807) is 12.1 Å². The molecule has 1 aromatic carbocycles. The summed E-state index contributed by atoms with van der Waals surface area (Å²) in [5.74, 6) is 1.39. The quantitative estimate of drug-likeness (QED) is 0.752. The third-order valence-corrected chi connectivity index (χ3v) is 3.04. The number of nitrogens with zero attached hydrogens (tertiary/aromatic N) is 1. The second-order valence-electron chi connectivity index (χ2n) is 5.06. The van der Waals surface area contributed by atoms with Crippen LogP contribution in [0.5, 0.6) is 11.5 Å². The van der Waals surface area contributed by atoms with Gasteiger partial charge in [0.2, 0.25) is 0 Å². The Hall–Kier alpha value is -1.47. The van der Waals surface area contributed by atoms with Crippen LogP contribution < -0.4 is 9.47 Å². The van der Waals surface area contributed by atoms with Crippen molar-refractivity contribution in [1.82, 2.24) is 0 Å². The largest absolute Gasteiger partial charge is 0.493 e. The van der Waals surface area contributed by atoms with E-state index in [0.29, 0.717) is 17.9 Å². The summed E-state index contributed by atoms with van der Waals surface area (Å²) in [6, 6.07) is 7.38. The Balaban J connectivity index is 2.87. The zero-order chi connectivity index (χ0) is 12.9. The predicted molar refractivity (Wildman–Crippen MR) is 71.2 cm³/mol. The van der Waals surface area contributed by atoms with Gasteiger partial charge in [-0.15, -0.1) is 0 Å². The van der Waals surface area contributed by atoms with Gasteiger partial charge in [-0.2, -0.15) is 5.26 Å². The lowest BCUT2D eigenvalue weighted by Gasteiger charge is -2.18. The Morgan fingerprint density at radius 3 is 2.41 bits per heavy atom. The molecule has 0 saturated carbocycles. The van der Waals surface area contributed by atoms with E-state index in [0.717, 1.165) is 12.0 Å². The number of ether oxygens (including phenoxy) is 2. The topological polar surface area (TPSA) is 42.2 Å². The van der Waals surface area contributed by atoms with Crippen molar-refractivity contribution >= 4 is 8.07 Å². The van der Waals surface area contributed by atoms with Gasteiger partial charge in [0.05, 0.1) is 32.5 Å². The van der Waals surface area contributed by atoms with Gasteiger partial charge in [-0.25, -0.2) is 0 Å². The fourth-order valence-corrected chi connectivity index (χ4v) is 1.85. The molecule has 0 aliphatic carbocycles. The minimum absolute atomic E-state index is 0.568. The van der Waals surface area contributed by atoms with E-state index in [1.165, 1.54) is 0 Å². The Morgan fingerprint density at radius 1 is 1.18 bits per heavy atom. The van der Waals surface area contributed by atoms with Crippen molar-refractivity contribution in [2.24, 2.45) is 0 Å². The van der Waals surface area contributed by atoms with Gasteiger partial charge in [0.25, 0.3) is 0 Å². The van der Waals surface area contributed by atoms with Crippen LogP contribution in [0.15, 0.2) is 18.2 Å². The summed E-state index contributed by atoms with van der Waals surface area (Å²) in [5.41, 5.74) is 0.591. The Bertz CT molecular complexity index is 418. The summed E-state index contributed by atoms with van der Waals surface area (Å²) in [7, 11) is -1.25. The molecule has 17 heavy (non-hydrogen) atoms. The molecule has 0 bridgehead atoms. The number of hydrogen-bond donors (Lipinski definition) is 0. The van der Waals surface area contributed by atoms with E-state index in [1.807, 2.05) is 13.0 Å². The Labute approximate surface area is 104 Å². The van der Waals surface area contributed by atoms with Crippen LogP contribution in [0.2, 0.25) is 19.6 Å². The van der Waals surface area contributed by atoms with E-state index in [-0.39, 0.29) is 0 Å². The molecular weight excluding hydrogens is 230 g/mol. The van der Waals surface area contributed by atoms with Crippen molar-refractivity contribution in [3.8, 4) is 17.6 Å². The highest BCUT2D eigenvalue weighted by Crippen LogP contribution is 2.28. The second kappa shape index (κ2) is 5.74. The first kappa shape index (κ1) is 13.6. The van der Waals surface area contributed by atoms with Gasteiger partial charge >= 0.3 is 0 Å². The third-order valence-electron chi connectivity index (χ3n) is 2.03. The summed E-state index contributed by atoms with van der Waals surface area (Å²) < 4.78 is 11.3. The fraction of sp³-hybridized carbons (Fsp3) is 0.462.